The number of hydrogen-bond donors (Lipinski definition) is 4. The molecule has 0 aromatic rings. The Kier molecular flexibility index (Phi) is 33.3. The van der Waals surface area contributed by atoms with E-state index < -0.39 is 24.2 Å². The van der Waals surface area contributed by atoms with Gasteiger partial charge in [0.1, 0.15) is 6.10 Å². The van der Waals surface area contributed by atoms with Crippen molar-refractivity contribution < 1.29 is 20.1 Å². The summed E-state index contributed by atoms with van der Waals surface area (Å²) in [5.41, 5.74) is 0. The zero-order valence-corrected chi connectivity index (χ0v) is 29.0. The van der Waals surface area contributed by atoms with Crippen molar-refractivity contribution in [3.8, 4) is 0 Å². The highest BCUT2D eigenvalue weighted by atomic mass is 16.3. The van der Waals surface area contributed by atoms with Crippen LogP contribution in [0.25, 0.3) is 0 Å². The summed E-state index contributed by atoms with van der Waals surface area (Å²) in [4.78, 5) is 12.4. The molecule has 0 bridgehead atoms. The molecule has 4 N–H and O–H groups in total. The summed E-state index contributed by atoms with van der Waals surface area (Å²) < 4.78 is 0. The van der Waals surface area contributed by atoms with Gasteiger partial charge in [-0.1, -0.05) is 159 Å². The molecule has 44 heavy (non-hydrogen) atoms. The van der Waals surface area contributed by atoms with Gasteiger partial charge in [0.25, 0.3) is 0 Å². The molecule has 0 aliphatic heterocycles. The Labute approximate surface area is 273 Å². The first-order valence-electron chi connectivity index (χ1n) is 18.8. The molecule has 0 heterocycles. The van der Waals surface area contributed by atoms with E-state index >= 15 is 0 Å². The minimum absolute atomic E-state index is 0.378. The van der Waals surface area contributed by atoms with Gasteiger partial charge in [0.05, 0.1) is 18.8 Å². The van der Waals surface area contributed by atoms with Crippen LogP contribution in [0.2, 0.25) is 0 Å². The Bertz CT molecular complexity index is 690. The largest absolute Gasteiger partial charge is 0.394 e. The highest BCUT2D eigenvalue weighted by Gasteiger charge is 2.22. The molecule has 3 unspecified atom stereocenters. The van der Waals surface area contributed by atoms with Crippen molar-refractivity contribution in [3.05, 3.63) is 36.5 Å². The molecule has 1 amide bonds. The predicted octanol–water partition coefficient (Wildman–Crippen LogP) is 10.0. The standard InChI is InChI=1S/C39H73NO4/c1-3-5-7-9-11-13-15-17-19-20-22-23-25-27-29-31-33-37(42)36(35-41)40-39(44)38(43)34-32-30-28-26-24-21-18-16-14-12-10-8-6-4-2/h14,16,23,25,31,33,36-38,41-43H,3-13,15,17-22,24,26-30,32,34-35H2,1-2H3,(H,40,44)/b16-14-,25-23+,33-31+. The average Bonchev–Trinajstić information content (AvgIpc) is 3.03. The Hall–Kier alpha value is -1.43. The van der Waals surface area contributed by atoms with Crippen molar-refractivity contribution in [3.63, 3.8) is 0 Å². The number of allylic oxidation sites excluding steroid dienone is 5. The molecule has 0 aromatic carbocycles. The lowest BCUT2D eigenvalue weighted by molar-refractivity contribution is -0.131. The van der Waals surface area contributed by atoms with E-state index in [1.54, 1.807) is 6.08 Å². The second-order valence-electron chi connectivity index (χ2n) is 12.8. The van der Waals surface area contributed by atoms with E-state index in [0.29, 0.717) is 6.42 Å². The third-order valence-corrected chi connectivity index (χ3v) is 8.45. The van der Waals surface area contributed by atoms with Gasteiger partial charge in [-0.3, -0.25) is 4.79 Å². The average molecular weight is 620 g/mol. The fourth-order valence-electron chi connectivity index (χ4n) is 5.43. The number of carbonyl (C=O) groups is 1. The van der Waals surface area contributed by atoms with Crippen molar-refractivity contribution in [2.45, 2.75) is 199 Å². The van der Waals surface area contributed by atoms with Crippen molar-refractivity contribution in [2.24, 2.45) is 0 Å². The smallest absolute Gasteiger partial charge is 0.249 e. The lowest BCUT2D eigenvalue weighted by Gasteiger charge is -2.21. The maximum absolute atomic E-state index is 12.4. The monoisotopic (exact) mass is 620 g/mol. The van der Waals surface area contributed by atoms with E-state index in [1.165, 1.54) is 116 Å². The second kappa shape index (κ2) is 34.4. The highest BCUT2D eigenvalue weighted by molar-refractivity contribution is 5.80. The van der Waals surface area contributed by atoms with Crippen LogP contribution in [0.15, 0.2) is 36.5 Å². The minimum atomic E-state index is -1.11. The van der Waals surface area contributed by atoms with E-state index in [4.69, 9.17) is 0 Å². The van der Waals surface area contributed by atoms with Crippen molar-refractivity contribution in [2.75, 3.05) is 6.61 Å². The topological polar surface area (TPSA) is 89.8 Å². The molecule has 0 aliphatic carbocycles. The van der Waals surface area contributed by atoms with Gasteiger partial charge < -0.3 is 20.6 Å². The molecule has 0 spiro atoms. The van der Waals surface area contributed by atoms with Crippen LogP contribution in [0, 0.1) is 0 Å². The molecular weight excluding hydrogens is 546 g/mol. The summed E-state index contributed by atoms with van der Waals surface area (Å²) in [6.45, 7) is 4.13. The van der Waals surface area contributed by atoms with Crippen LogP contribution < -0.4 is 5.32 Å². The Morgan fingerprint density at radius 1 is 0.545 bits per heavy atom. The Morgan fingerprint density at radius 2 is 0.932 bits per heavy atom. The van der Waals surface area contributed by atoms with Crippen LogP contribution in [-0.4, -0.2) is 46.1 Å². The molecule has 0 radical (unpaired) electrons. The third kappa shape index (κ3) is 29.3. The van der Waals surface area contributed by atoms with Gasteiger partial charge in [-0.05, 0) is 57.8 Å². The first-order chi connectivity index (χ1) is 21.6. The van der Waals surface area contributed by atoms with Gasteiger partial charge in [-0.25, -0.2) is 0 Å². The lowest BCUT2D eigenvalue weighted by Crippen LogP contribution is -2.48. The zero-order valence-electron chi connectivity index (χ0n) is 29.0. The summed E-state index contributed by atoms with van der Waals surface area (Å²) in [6.07, 6.45) is 41.6. The highest BCUT2D eigenvalue weighted by Crippen LogP contribution is 2.13. The van der Waals surface area contributed by atoms with Crippen LogP contribution in [0.1, 0.15) is 181 Å². The normalized spacial score (nSPS) is 14.2. The van der Waals surface area contributed by atoms with E-state index in [2.05, 4.69) is 43.5 Å². The number of carbonyl (C=O) groups excluding carboxylic acids is 1. The molecule has 0 aliphatic rings. The maximum Gasteiger partial charge on any atom is 0.249 e. The van der Waals surface area contributed by atoms with E-state index in [1.807, 2.05) is 6.08 Å². The molecule has 5 heteroatoms. The van der Waals surface area contributed by atoms with Crippen molar-refractivity contribution in [1.82, 2.24) is 5.32 Å². The Balaban J connectivity index is 3.81. The van der Waals surface area contributed by atoms with Crippen LogP contribution in [0.4, 0.5) is 0 Å². The minimum Gasteiger partial charge on any atom is -0.394 e. The van der Waals surface area contributed by atoms with Gasteiger partial charge in [-0.15, -0.1) is 0 Å². The summed E-state index contributed by atoms with van der Waals surface area (Å²) in [7, 11) is 0. The number of amides is 1. The molecule has 258 valence electrons. The number of nitrogens with one attached hydrogen (secondary N) is 1. The van der Waals surface area contributed by atoms with Crippen molar-refractivity contribution >= 4 is 5.91 Å². The lowest BCUT2D eigenvalue weighted by atomic mass is 10.0. The summed E-state index contributed by atoms with van der Waals surface area (Å²) >= 11 is 0. The quantitative estimate of drug-likeness (QED) is 0.0435. The summed E-state index contributed by atoms with van der Waals surface area (Å²) in [5.74, 6) is -0.520. The number of aliphatic hydroxyl groups excluding tert-OH is 3. The first kappa shape index (κ1) is 42.6. The SMILES string of the molecule is CCCCCC/C=C\CCCCCCCCC(O)C(=O)NC(CO)C(O)/C=C/CC/C=C/CCCCCCCCCCCC. The molecule has 0 rings (SSSR count). The number of hydrogen-bond acceptors (Lipinski definition) is 4. The van der Waals surface area contributed by atoms with E-state index in [0.717, 1.165) is 44.9 Å². The molecule has 0 fully saturated rings. The molecule has 5 nitrogen and oxygen atoms in total. The van der Waals surface area contributed by atoms with Crippen LogP contribution in [-0.2, 0) is 4.79 Å². The fraction of sp³-hybridized carbons (Fsp3) is 0.821. The molecule has 0 aromatic heterocycles. The third-order valence-electron chi connectivity index (χ3n) is 8.45. The van der Waals surface area contributed by atoms with E-state index in [9.17, 15) is 20.1 Å². The molecule has 0 saturated heterocycles. The van der Waals surface area contributed by atoms with Gasteiger partial charge in [0.15, 0.2) is 0 Å². The fourth-order valence-corrected chi connectivity index (χ4v) is 5.43. The Morgan fingerprint density at radius 3 is 1.41 bits per heavy atom. The number of aliphatic hydroxyl groups is 3. The zero-order chi connectivity index (χ0) is 32.4. The second-order valence-corrected chi connectivity index (χ2v) is 12.8. The molecular formula is C39H73NO4. The van der Waals surface area contributed by atoms with Gasteiger partial charge in [0, 0.05) is 0 Å². The van der Waals surface area contributed by atoms with Crippen LogP contribution >= 0.6 is 0 Å². The molecule has 3 atom stereocenters. The van der Waals surface area contributed by atoms with Crippen LogP contribution in [0.3, 0.4) is 0 Å². The van der Waals surface area contributed by atoms with Gasteiger partial charge >= 0.3 is 0 Å². The maximum atomic E-state index is 12.4. The van der Waals surface area contributed by atoms with E-state index in [-0.39, 0.29) is 6.61 Å². The van der Waals surface area contributed by atoms with Gasteiger partial charge in [-0.2, -0.15) is 0 Å². The number of rotatable bonds is 33. The van der Waals surface area contributed by atoms with Gasteiger partial charge in [0.2, 0.25) is 5.91 Å². The summed E-state index contributed by atoms with van der Waals surface area (Å²) in [5, 5.41) is 32.9. The van der Waals surface area contributed by atoms with Crippen LogP contribution in [0.5, 0.6) is 0 Å². The summed E-state index contributed by atoms with van der Waals surface area (Å²) in [6, 6.07) is -0.814. The first-order valence-corrected chi connectivity index (χ1v) is 18.8. The predicted molar refractivity (Wildman–Crippen MR) is 190 cm³/mol. The number of unbranched alkanes of at least 4 members (excludes halogenated alkanes) is 21. The van der Waals surface area contributed by atoms with Crippen molar-refractivity contribution in [1.29, 1.82) is 0 Å². The molecule has 0 saturated carbocycles.